The molecular weight excluding hydrogens is 292 g/mol. The van der Waals surface area contributed by atoms with Crippen molar-refractivity contribution in [2.45, 2.75) is 32.4 Å². The molecule has 0 bridgehead atoms. The summed E-state index contributed by atoms with van der Waals surface area (Å²) in [6.07, 6.45) is 1.16. The molecule has 0 saturated carbocycles. The lowest BCUT2D eigenvalue weighted by Crippen LogP contribution is -2.60. The van der Waals surface area contributed by atoms with Crippen molar-refractivity contribution >= 4 is 5.91 Å². The fraction of sp³-hybridized carbons (Fsp3) is 0.611. The van der Waals surface area contributed by atoms with E-state index in [0.29, 0.717) is 13.2 Å². The molecule has 0 spiro atoms. The van der Waals surface area contributed by atoms with E-state index in [1.165, 1.54) is 0 Å². The maximum absolute atomic E-state index is 13.1. The van der Waals surface area contributed by atoms with Crippen LogP contribution in [0.25, 0.3) is 0 Å². The predicted molar refractivity (Wildman–Crippen MR) is 89.1 cm³/mol. The number of hydrogen-bond acceptors (Lipinski definition) is 4. The average Bonchev–Trinajstić information content (AvgIpc) is 2.53. The van der Waals surface area contributed by atoms with Crippen molar-refractivity contribution in [3.05, 3.63) is 28.8 Å². The summed E-state index contributed by atoms with van der Waals surface area (Å²) in [5, 5.41) is 0. The van der Waals surface area contributed by atoms with E-state index in [4.69, 9.17) is 9.47 Å². The van der Waals surface area contributed by atoms with Gasteiger partial charge in [0.05, 0.1) is 25.9 Å². The number of nitrogens with zero attached hydrogens (tertiary/aromatic N) is 2. The van der Waals surface area contributed by atoms with Crippen LogP contribution in [0.4, 0.5) is 0 Å². The first kappa shape index (κ1) is 16.3. The Bertz CT molecular complexity index is 579. The van der Waals surface area contributed by atoms with Gasteiger partial charge in [0.25, 0.3) is 5.91 Å². The number of hydrogen-bond donors (Lipinski definition) is 0. The first-order valence-corrected chi connectivity index (χ1v) is 8.27. The van der Waals surface area contributed by atoms with E-state index in [1.807, 2.05) is 30.9 Å². The first-order valence-electron chi connectivity index (χ1n) is 8.27. The topological polar surface area (TPSA) is 42.0 Å². The van der Waals surface area contributed by atoms with Crippen molar-refractivity contribution in [2.75, 3.05) is 40.4 Å². The molecule has 3 rings (SSSR count). The molecule has 2 fully saturated rings. The van der Waals surface area contributed by atoms with Crippen LogP contribution in [0.15, 0.2) is 12.1 Å². The van der Waals surface area contributed by atoms with Crippen LogP contribution >= 0.6 is 0 Å². The van der Waals surface area contributed by atoms with E-state index in [0.717, 1.165) is 42.0 Å². The summed E-state index contributed by atoms with van der Waals surface area (Å²) in [5.41, 5.74) is 2.75. The Kier molecular flexibility index (Phi) is 4.60. The third-order valence-corrected chi connectivity index (χ3v) is 4.96. The molecule has 1 amide bonds. The highest BCUT2D eigenvalue weighted by molar-refractivity contribution is 5.95. The van der Waals surface area contributed by atoms with E-state index >= 15 is 0 Å². The fourth-order valence-electron chi connectivity index (χ4n) is 3.84. The minimum atomic E-state index is 0.104. The number of carbonyl (C=O) groups excluding carboxylic acids is 1. The third kappa shape index (κ3) is 3.08. The number of rotatable bonds is 2. The third-order valence-electron chi connectivity index (χ3n) is 4.96. The monoisotopic (exact) mass is 318 g/mol. The molecule has 2 aliphatic heterocycles. The second-order valence-electron chi connectivity index (χ2n) is 6.67. The van der Waals surface area contributed by atoms with Gasteiger partial charge in [-0.05, 0) is 50.6 Å². The summed E-state index contributed by atoms with van der Waals surface area (Å²) >= 11 is 0. The van der Waals surface area contributed by atoms with Gasteiger partial charge >= 0.3 is 0 Å². The Hall–Kier alpha value is -1.59. The molecule has 126 valence electrons. The van der Waals surface area contributed by atoms with Gasteiger partial charge in [-0.1, -0.05) is 0 Å². The zero-order chi connectivity index (χ0) is 16.6. The van der Waals surface area contributed by atoms with Crippen LogP contribution < -0.4 is 4.74 Å². The smallest absolute Gasteiger partial charge is 0.254 e. The summed E-state index contributed by atoms with van der Waals surface area (Å²) in [6.45, 7) is 7.18. The van der Waals surface area contributed by atoms with Gasteiger partial charge in [-0.3, -0.25) is 4.79 Å². The Balaban J connectivity index is 1.87. The van der Waals surface area contributed by atoms with E-state index < -0.39 is 0 Å². The highest BCUT2D eigenvalue weighted by Gasteiger charge is 2.38. The molecule has 2 aliphatic rings. The molecule has 0 N–H and O–H groups in total. The minimum Gasteiger partial charge on any atom is -0.496 e. The maximum atomic E-state index is 13.1. The largest absolute Gasteiger partial charge is 0.496 e. The summed E-state index contributed by atoms with van der Waals surface area (Å²) in [5.74, 6) is 0.964. The van der Waals surface area contributed by atoms with Crippen LogP contribution in [-0.2, 0) is 4.74 Å². The van der Waals surface area contributed by atoms with Gasteiger partial charge in [0.2, 0.25) is 0 Å². The SMILES string of the molecule is COc1c(C)cc(C(=O)N2CCO[C@H]3CCN(C)C[C@@H]32)cc1C. The minimum absolute atomic E-state index is 0.104. The average molecular weight is 318 g/mol. The summed E-state index contributed by atoms with van der Waals surface area (Å²) in [4.78, 5) is 17.4. The Morgan fingerprint density at radius 3 is 2.61 bits per heavy atom. The van der Waals surface area contributed by atoms with Crippen molar-refractivity contribution in [2.24, 2.45) is 0 Å². The molecule has 0 aromatic heterocycles. The lowest BCUT2D eigenvalue weighted by atomic mass is 9.97. The number of methoxy groups -OCH3 is 1. The van der Waals surface area contributed by atoms with Crippen LogP contribution in [0.1, 0.15) is 27.9 Å². The molecule has 2 saturated heterocycles. The molecule has 2 atom stereocenters. The summed E-state index contributed by atoms with van der Waals surface area (Å²) < 4.78 is 11.3. The molecule has 0 aliphatic carbocycles. The second kappa shape index (κ2) is 6.49. The lowest BCUT2D eigenvalue weighted by Gasteiger charge is -2.46. The number of carbonyl (C=O) groups is 1. The molecule has 1 aromatic rings. The highest BCUT2D eigenvalue weighted by Crippen LogP contribution is 2.28. The van der Waals surface area contributed by atoms with E-state index in [1.54, 1.807) is 7.11 Å². The molecular formula is C18H26N2O3. The number of piperidine rings is 1. The van der Waals surface area contributed by atoms with Gasteiger partial charge in [-0.2, -0.15) is 0 Å². The van der Waals surface area contributed by atoms with Crippen molar-refractivity contribution in [3.8, 4) is 5.75 Å². The number of benzene rings is 1. The van der Waals surface area contributed by atoms with E-state index in [9.17, 15) is 4.79 Å². The molecule has 1 aromatic carbocycles. The van der Waals surface area contributed by atoms with Crippen molar-refractivity contribution in [1.82, 2.24) is 9.80 Å². The molecule has 5 nitrogen and oxygen atoms in total. The summed E-state index contributed by atoms with van der Waals surface area (Å²) in [6, 6.07) is 4.02. The predicted octanol–water partition coefficient (Wildman–Crippen LogP) is 1.86. The number of aryl methyl sites for hydroxylation is 2. The van der Waals surface area contributed by atoms with Crippen LogP contribution in [0.2, 0.25) is 0 Å². The number of likely N-dealkylation sites (N-methyl/N-ethyl adjacent to an activating group) is 1. The van der Waals surface area contributed by atoms with Crippen LogP contribution in [0.3, 0.4) is 0 Å². The van der Waals surface area contributed by atoms with Crippen molar-refractivity contribution < 1.29 is 14.3 Å². The van der Waals surface area contributed by atoms with E-state index in [-0.39, 0.29) is 18.1 Å². The Labute approximate surface area is 138 Å². The zero-order valence-electron chi connectivity index (χ0n) is 14.5. The normalized spacial score (nSPS) is 25.1. The molecule has 2 heterocycles. The first-order chi connectivity index (χ1) is 11.0. The number of amides is 1. The van der Waals surface area contributed by atoms with Crippen LogP contribution in [0, 0.1) is 13.8 Å². The molecule has 0 unspecified atom stereocenters. The molecule has 23 heavy (non-hydrogen) atoms. The number of ether oxygens (including phenoxy) is 2. The number of morpholine rings is 1. The standard InChI is InChI=1S/C18H26N2O3/c1-12-9-14(10-13(2)17(12)22-4)18(21)20-7-8-23-16-5-6-19(3)11-15(16)20/h9-10,15-16H,5-8,11H2,1-4H3/t15-,16-/m0/s1. The Morgan fingerprint density at radius 1 is 1.26 bits per heavy atom. The fourth-order valence-corrected chi connectivity index (χ4v) is 3.84. The number of likely N-dealkylation sites (tertiary alicyclic amines) is 1. The zero-order valence-corrected chi connectivity index (χ0v) is 14.5. The quantitative estimate of drug-likeness (QED) is 0.835. The van der Waals surface area contributed by atoms with Gasteiger partial charge in [-0.25, -0.2) is 0 Å². The van der Waals surface area contributed by atoms with Crippen LogP contribution in [-0.4, -0.2) is 68.3 Å². The number of fused-ring (bicyclic) bond motifs is 1. The van der Waals surface area contributed by atoms with Crippen LogP contribution in [0.5, 0.6) is 5.75 Å². The van der Waals surface area contributed by atoms with E-state index in [2.05, 4.69) is 11.9 Å². The Morgan fingerprint density at radius 2 is 1.96 bits per heavy atom. The van der Waals surface area contributed by atoms with Gasteiger partial charge in [0.1, 0.15) is 5.75 Å². The second-order valence-corrected chi connectivity index (χ2v) is 6.67. The van der Waals surface area contributed by atoms with Gasteiger partial charge in [0, 0.05) is 25.2 Å². The highest BCUT2D eigenvalue weighted by atomic mass is 16.5. The maximum Gasteiger partial charge on any atom is 0.254 e. The molecule has 5 heteroatoms. The lowest BCUT2D eigenvalue weighted by molar-refractivity contribution is -0.0869. The van der Waals surface area contributed by atoms with Gasteiger partial charge in [-0.15, -0.1) is 0 Å². The molecule has 0 radical (unpaired) electrons. The van der Waals surface area contributed by atoms with Gasteiger partial charge in [0.15, 0.2) is 0 Å². The van der Waals surface area contributed by atoms with Gasteiger partial charge < -0.3 is 19.3 Å². The van der Waals surface area contributed by atoms with Crippen molar-refractivity contribution in [3.63, 3.8) is 0 Å². The summed E-state index contributed by atoms with van der Waals surface area (Å²) in [7, 11) is 3.77. The van der Waals surface area contributed by atoms with Crippen molar-refractivity contribution in [1.29, 1.82) is 0 Å².